The van der Waals surface area contributed by atoms with E-state index in [4.69, 9.17) is 16.3 Å². The van der Waals surface area contributed by atoms with Crippen molar-refractivity contribution in [3.8, 4) is 11.6 Å². The average Bonchev–Trinajstić information content (AvgIpc) is 3.20. The molecule has 3 aromatic heterocycles. The molecule has 4 aromatic rings. The summed E-state index contributed by atoms with van der Waals surface area (Å²) in [5, 5.41) is 3.66. The van der Waals surface area contributed by atoms with E-state index in [2.05, 4.69) is 42.1 Å². The van der Waals surface area contributed by atoms with Crippen LogP contribution in [0.25, 0.3) is 10.9 Å². The number of ether oxygens (including phenoxy) is 1. The number of piperazine rings is 1. The zero-order valence-corrected chi connectivity index (χ0v) is 19.0. The van der Waals surface area contributed by atoms with Crippen molar-refractivity contribution in [2.24, 2.45) is 0 Å². The number of fused-ring (bicyclic) bond motifs is 1. The van der Waals surface area contributed by atoms with Gasteiger partial charge in [-0.05, 0) is 44.3 Å². The van der Waals surface area contributed by atoms with E-state index in [1.807, 2.05) is 25.3 Å². The number of hydrogen-bond donors (Lipinski definition) is 2. The summed E-state index contributed by atoms with van der Waals surface area (Å²) in [6.07, 6.45) is 3.13. The summed E-state index contributed by atoms with van der Waals surface area (Å²) >= 11 is 6.47. The number of aromatic amines is 1. The summed E-state index contributed by atoms with van der Waals surface area (Å²) in [7, 11) is 2.12. The zero-order valence-electron chi connectivity index (χ0n) is 18.3. The molecule has 4 heterocycles. The third-order valence-electron chi connectivity index (χ3n) is 5.66. The molecule has 2 N–H and O–H groups in total. The fourth-order valence-electron chi connectivity index (χ4n) is 3.82. The molecule has 1 saturated heterocycles. The van der Waals surface area contributed by atoms with Crippen LogP contribution in [0.1, 0.15) is 5.69 Å². The lowest BCUT2D eigenvalue weighted by Crippen LogP contribution is -2.44. The lowest BCUT2D eigenvalue weighted by molar-refractivity contribution is 0.313. The van der Waals surface area contributed by atoms with E-state index in [9.17, 15) is 4.39 Å². The van der Waals surface area contributed by atoms with Crippen LogP contribution in [0, 0.1) is 12.7 Å². The molecule has 1 aliphatic rings. The zero-order chi connectivity index (χ0) is 22.9. The first-order valence-corrected chi connectivity index (χ1v) is 11.0. The van der Waals surface area contributed by atoms with Gasteiger partial charge in [-0.1, -0.05) is 11.6 Å². The minimum atomic E-state index is -0.484. The Morgan fingerprint density at radius 1 is 1.09 bits per heavy atom. The van der Waals surface area contributed by atoms with Gasteiger partial charge in [-0.3, -0.25) is 0 Å². The van der Waals surface area contributed by atoms with Crippen LogP contribution in [0.4, 0.5) is 21.7 Å². The van der Waals surface area contributed by atoms with Crippen LogP contribution < -0.4 is 15.0 Å². The van der Waals surface area contributed by atoms with E-state index in [1.165, 1.54) is 12.4 Å². The number of benzene rings is 1. The molecule has 0 aliphatic carbocycles. The molecule has 0 amide bonds. The first-order valence-electron chi connectivity index (χ1n) is 10.6. The van der Waals surface area contributed by atoms with E-state index in [-0.39, 0.29) is 16.7 Å². The van der Waals surface area contributed by atoms with Crippen molar-refractivity contribution in [1.29, 1.82) is 0 Å². The minimum absolute atomic E-state index is 0.0303. The van der Waals surface area contributed by atoms with Crippen molar-refractivity contribution >= 4 is 39.8 Å². The summed E-state index contributed by atoms with van der Waals surface area (Å²) in [6.45, 7) is 5.85. The molecule has 8 nitrogen and oxygen atoms in total. The van der Waals surface area contributed by atoms with Crippen LogP contribution in [0.15, 0.2) is 42.9 Å². The van der Waals surface area contributed by atoms with Crippen molar-refractivity contribution in [2.75, 3.05) is 43.4 Å². The van der Waals surface area contributed by atoms with Crippen LogP contribution in [0.5, 0.6) is 11.6 Å². The van der Waals surface area contributed by atoms with Gasteiger partial charge in [0.05, 0.1) is 11.9 Å². The second-order valence-electron chi connectivity index (χ2n) is 8.05. The molecular weight excluding hydrogens is 445 g/mol. The molecule has 0 bridgehead atoms. The Balaban J connectivity index is 1.33. The Kier molecular flexibility index (Phi) is 5.74. The van der Waals surface area contributed by atoms with Crippen LogP contribution in [-0.4, -0.2) is 58.1 Å². The Bertz CT molecular complexity index is 1290. The van der Waals surface area contributed by atoms with Crippen molar-refractivity contribution in [2.45, 2.75) is 6.92 Å². The highest BCUT2D eigenvalue weighted by molar-refractivity contribution is 6.34. The number of aryl methyl sites for hydroxylation is 1. The van der Waals surface area contributed by atoms with E-state index in [0.717, 1.165) is 37.6 Å². The van der Waals surface area contributed by atoms with Gasteiger partial charge in [-0.25, -0.2) is 14.4 Å². The monoisotopic (exact) mass is 467 g/mol. The number of anilines is 3. The number of likely N-dealkylation sites (N-methyl/N-ethyl adjacent to an activating group) is 1. The Labute approximate surface area is 195 Å². The number of pyridine rings is 1. The molecular formula is C23H23ClFN7O. The number of hydrogen-bond acceptors (Lipinski definition) is 7. The first-order chi connectivity index (χ1) is 16.0. The maximum absolute atomic E-state index is 14.9. The van der Waals surface area contributed by atoms with E-state index >= 15 is 0 Å². The predicted octanol–water partition coefficient (Wildman–Crippen LogP) is 4.74. The number of aromatic nitrogens is 4. The van der Waals surface area contributed by atoms with Gasteiger partial charge in [0.25, 0.3) is 0 Å². The van der Waals surface area contributed by atoms with Gasteiger partial charge in [0, 0.05) is 42.8 Å². The molecule has 0 radical (unpaired) electrons. The Morgan fingerprint density at radius 3 is 2.67 bits per heavy atom. The SMILES string of the molecule is Cc1cc2c(F)c(Oc3ncnc(Nc4ccc(N5CCN(C)CC5)cn4)c3Cl)ccc2[nH]1. The van der Waals surface area contributed by atoms with Crippen molar-refractivity contribution in [3.63, 3.8) is 0 Å². The van der Waals surface area contributed by atoms with Crippen molar-refractivity contribution in [3.05, 3.63) is 59.4 Å². The highest BCUT2D eigenvalue weighted by Gasteiger charge is 2.17. The second kappa shape index (κ2) is 8.84. The molecule has 0 unspecified atom stereocenters. The normalized spacial score (nSPS) is 14.6. The minimum Gasteiger partial charge on any atom is -0.434 e. The topological polar surface area (TPSA) is 82.2 Å². The van der Waals surface area contributed by atoms with Gasteiger partial charge in [0.2, 0.25) is 5.88 Å². The van der Waals surface area contributed by atoms with E-state index in [0.29, 0.717) is 22.5 Å². The van der Waals surface area contributed by atoms with E-state index in [1.54, 1.807) is 12.1 Å². The van der Waals surface area contributed by atoms with Gasteiger partial charge in [0.1, 0.15) is 17.2 Å². The van der Waals surface area contributed by atoms with Crippen molar-refractivity contribution < 1.29 is 9.13 Å². The summed E-state index contributed by atoms with van der Waals surface area (Å²) in [6, 6.07) is 8.90. The summed E-state index contributed by atoms with van der Waals surface area (Å²) in [4.78, 5) is 20.4. The standard InChI is InChI=1S/C23H23ClFN7O/c1-14-11-16-17(29-14)4-5-18(21(16)25)33-23-20(24)22(27-13-28-23)30-19-6-3-15(12-26-19)32-9-7-31(2)8-10-32/h3-6,11-13,29H,7-10H2,1-2H3,(H,26,27,28,30). The quantitative estimate of drug-likeness (QED) is 0.438. The third kappa shape index (κ3) is 4.42. The molecule has 10 heteroatoms. The lowest BCUT2D eigenvalue weighted by atomic mass is 10.2. The molecule has 0 spiro atoms. The van der Waals surface area contributed by atoms with Gasteiger partial charge in [-0.2, -0.15) is 4.98 Å². The molecule has 1 aromatic carbocycles. The summed E-state index contributed by atoms with van der Waals surface area (Å²) in [5.74, 6) is 0.494. The lowest BCUT2D eigenvalue weighted by Gasteiger charge is -2.33. The van der Waals surface area contributed by atoms with Crippen LogP contribution in [0.2, 0.25) is 5.02 Å². The number of H-pyrrole nitrogens is 1. The van der Waals surface area contributed by atoms with Crippen molar-refractivity contribution in [1.82, 2.24) is 24.8 Å². The predicted molar refractivity (Wildman–Crippen MR) is 127 cm³/mol. The molecule has 1 fully saturated rings. The highest BCUT2D eigenvalue weighted by atomic mass is 35.5. The molecule has 5 rings (SSSR count). The molecule has 0 saturated carbocycles. The molecule has 1 aliphatic heterocycles. The van der Waals surface area contributed by atoms with Crippen LogP contribution in [-0.2, 0) is 0 Å². The Morgan fingerprint density at radius 2 is 1.91 bits per heavy atom. The largest absolute Gasteiger partial charge is 0.434 e. The average molecular weight is 468 g/mol. The number of rotatable bonds is 5. The van der Waals surface area contributed by atoms with Gasteiger partial charge < -0.3 is 24.8 Å². The molecule has 33 heavy (non-hydrogen) atoms. The van der Waals surface area contributed by atoms with Gasteiger partial charge >= 0.3 is 0 Å². The maximum Gasteiger partial charge on any atom is 0.243 e. The van der Waals surface area contributed by atoms with Gasteiger partial charge in [0.15, 0.2) is 17.4 Å². The maximum atomic E-state index is 14.9. The number of nitrogens with one attached hydrogen (secondary N) is 2. The number of halogens is 2. The van der Waals surface area contributed by atoms with Crippen LogP contribution >= 0.6 is 11.6 Å². The smallest absolute Gasteiger partial charge is 0.243 e. The first kappa shape index (κ1) is 21.4. The fourth-order valence-corrected chi connectivity index (χ4v) is 4.00. The number of nitrogens with zero attached hydrogens (tertiary/aromatic N) is 5. The van der Waals surface area contributed by atoms with E-state index < -0.39 is 5.82 Å². The molecule has 0 atom stereocenters. The Hall–Kier alpha value is -3.43. The fraction of sp³-hybridized carbons (Fsp3) is 0.261. The summed E-state index contributed by atoms with van der Waals surface area (Å²) < 4.78 is 20.6. The third-order valence-corrected chi connectivity index (χ3v) is 6.00. The highest BCUT2D eigenvalue weighted by Crippen LogP contribution is 2.35. The molecule has 170 valence electrons. The summed E-state index contributed by atoms with van der Waals surface area (Å²) in [5.41, 5.74) is 2.62. The van der Waals surface area contributed by atoms with Crippen LogP contribution in [0.3, 0.4) is 0 Å². The second-order valence-corrected chi connectivity index (χ2v) is 8.43. The van der Waals surface area contributed by atoms with Gasteiger partial charge in [-0.15, -0.1) is 0 Å².